The van der Waals surface area contributed by atoms with E-state index in [1.54, 1.807) is 0 Å². The molecule has 0 bridgehead atoms. The van der Waals surface area contributed by atoms with Crippen molar-refractivity contribution in [1.29, 1.82) is 0 Å². The molecule has 0 radical (unpaired) electrons. The SMILES string of the molecule is NC[C@H](N)C(=O)NCCC(=O)NC(=O)Cc1ccc(CCCCc2ccccc2)cc1. The Morgan fingerprint density at radius 3 is 2.00 bits per heavy atom. The number of carbonyl (C=O) groups excluding carboxylic acids is 3. The Morgan fingerprint density at radius 2 is 1.39 bits per heavy atom. The quantitative estimate of drug-likeness (QED) is 0.381. The molecule has 2 aromatic carbocycles. The van der Waals surface area contributed by atoms with Crippen molar-refractivity contribution in [2.75, 3.05) is 13.1 Å². The molecule has 0 spiro atoms. The van der Waals surface area contributed by atoms with Gasteiger partial charge in [0.25, 0.3) is 0 Å². The lowest BCUT2D eigenvalue weighted by Gasteiger charge is -2.10. The summed E-state index contributed by atoms with van der Waals surface area (Å²) in [4.78, 5) is 35.4. The fraction of sp³-hybridized carbons (Fsp3) is 0.375. The van der Waals surface area contributed by atoms with Gasteiger partial charge in [-0.15, -0.1) is 0 Å². The van der Waals surface area contributed by atoms with Crippen molar-refractivity contribution in [3.8, 4) is 0 Å². The molecule has 0 saturated carbocycles. The van der Waals surface area contributed by atoms with Crippen LogP contribution < -0.4 is 22.1 Å². The van der Waals surface area contributed by atoms with Crippen LogP contribution in [-0.2, 0) is 33.6 Å². The lowest BCUT2D eigenvalue weighted by Crippen LogP contribution is -2.46. The van der Waals surface area contributed by atoms with Crippen LogP contribution in [0.4, 0.5) is 0 Å². The molecule has 7 heteroatoms. The van der Waals surface area contributed by atoms with E-state index in [0.717, 1.165) is 31.2 Å². The first kappa shape index (κ1) is 24.2. The number of nitrogens with one attached hydrogen (secondary N) is 2. The summed E-state index contributed by atoms with van der Waals surface area (Å²) in [6.07, 6.45) is 4.44. The summed E-state index contributed by atoms with van der Waals surface area (Å²) in [7, 11) is 0. The molecule has 166 valence electrons. The molecule has 0 aliphatic carbocycles. The van der Waals surface area contributed by atoms with E-state index in [1.165, 1.54) is 11.1 Å². The second kappa shape index (κ2) is 13.3. The summed E-state index contributed by atoms with van der Waals surface area (Å²) in [5.41, 5.74) is 14.2. The molecule has 0 saturated heterocycles. The van der Waals surface area contributed by atoms with Crippen LogP contribution in [0.25, 0.3) is 0 Å². The number of benzene rings is 2. The van der Waals surface area contributed by atoms with Crippen LogP contribution in [-0.4, -0.2) is 36.9 Å². The highest BCUT2D eigenvalue weighted by Crippen LogP contribution is 2.11. The number of imide groups is 1. The van der Waals surface area contributed by atoms with Gasteiger partial charge in [-0.1, -0.05) is 54.6 Å². The zero-order chi connectivity index (χ0) is 22.5. The van der Waals surface area contributed by atoms with Gasteiger partial charge in [-0.05, 0) is 42.4 Å². The third-order valence-corrected chi connectivity index (χ3v) is 4.93. The van der Waals surface area contributed by atoms with Gasteiger partial charge in [0.1, 0.15) is 0 Å². The van der Waals surface area contributed by atoms with Crippen molar-refractivity contribution in [2.45, 2.75) is 44.6 Å². The van der Waals surface area contributed by atoms with Gasteiger partial charge in [0.15, 0.2) is 0 Å². The van der Waals surface area contributed by atoms with Crippen LogP contribution in [0.3, 0.4) is 0 Å². The number of unbranched alkanes of at least 4 members (excludes halogenated alkanes) is 1. The molecule has 6 N–H and O–H groups in total. The highest BCUT2D eigenvalue weighted by Gasteiger charge is 2.12. The van der Waals surface area contributed by atoms with E-state index in [9.17, 15) is 14.4 Å². The standard InChI is InChI=1S/C24H32N4O3/c25-17-21(26)24(31)27-15-14-22(29)28-23(30)16-20-12-10-19(11-13-20)9-5-4-8-18-6-2-1-3-7-18/h1-3,6-7,10-13,21H,4-5,8-9,14-17,25-26H2,(H,27,31)(H,28,29,30)/t21-/m0/s1. The Labute approximate surface area is 183 Å². The lowest BCUT2D eigenvalue weighted by molar-refractivity contribution is -0.129. The zero-order valence-electron chi connectivity index (χ0n) is 17.8. The van der Waals surface area contributed by atoms with Crippen molar-refractivity contribution in [2.24, 2.45) is 11.5 Å². The molecule has 0 fully saturated rings. The molecule has 2 rings (SSSR count). The number of nitrogens with two attached hydrogens (primary N) is 2. The molecule has 0 heterocycles. The predicted molar refractivity (Wildman–Crippen MR) is 121 cm³/mol. The molecule has 3 amide bonds. The Kier molecular flexibility index (Phi) is 10.4. The Morgan fingerprint density at radius 1 is 0.806 bits per heavy atom. The average Bonchev–Trinajstić information content (AvgIpc) is 2.77. The van der Waals surface area contributed by atoms with Gasteiger partial charge in [0.2, 0.25) is 17.7 Å². The fourth-order valence-electron chi connectivity index (χ4n) is 3.11. The largest absolute Gasteiger partial charge is 0.354 e. The monoisotopic (exact) mass is 424 g/mol. The molecule has 0 aliphatic heterocycles. The highest BCUT2D eigenvalue weighted by molar-refractivity contribution is 5.96. The molecule has 7 nitrogen and oxygen atoms in total. The average molecular weight is 425 g/mol. The number of amides is 3. The van der Waals surface area contributed by atoms with E-state index in [0.29, 0.717) is 0 Å². The molecular weight excluding hydrogens is 392 g/mol. The van der Waals surface area contributed by atoms with Gasteiger partial charge in [-0.25, -0.2) is 0 Å². The second-order valence-electron chi connectivity index (χ2n) is 7.54. The van der Waals surface area contributed by atoms with Crippen LogP contribution in [0.5, 0.6) is 0 Å². The molecule has 2 aromatic rings. The van der Waals surface area contributed by atoms with Crippen LogP contribution >= 0.6 is 0 Å². The summed E-state index contributed by atoms with van der Waals surface area (Å²) < 4.78 is 0. The second-order valence-corrected chi connectivity index (χ2v) is 7.54. The smallest absolute Gasteiger partial charge is 0.238 e. The van der Waals surface area contributed by atoms with Gasteiger partial charge in [-0.3, -0.25) is 19.7 Å². The molecular formula is C24H32N4O3. The Hall–Kier alpha value is -3.03. The van der Waals surface area contributed by atoms with E-state index >= 15 is 0 Å². The third kappa shape index (κ3) is 9.55. The lowest BCUT2D eigenvalue weighted by atomic mass is 10.0. The molecule has 0 unspecified atom stereocenters. The van der Waals surface area contributed by atoms with Crippen molar-refractivity contribution < 1.29 is 14.4 Å². The van der Waals surface area contributed by atoms with Crippen molar-refractivity contribution in [3.63, 3.8) is 0 Å². The maximum Gasteiger partial charge on any atom is 0.238 e. The summed E-state index contributed by atoms with van der Waals surface area (Å²) in [5.74, 6) is -1.23. The van der Waals surface area contributed by atoms with E-state index in [1.807, 2.05) is 30.3 Å². The molecule has 1 atom stereocenters. The van der Waals surface area contributed by atoms with E-state index in [4.69, 9.17) is 11.5 Å². The third-order valence-electron chi connectivity index (χ3n) is 4.93. The van der Waals surface area contributed by atoms with Crippen LogP contribution in [0.15, 0.2) is 54.6 Å². The molecule has 0 aliphatic rings. The summed E-state index contributed by atoms with van der Waals surface area (Å²) in [6, 6.07) is 17.6. The number of carbonyl (C=O) groups is 3. The highest BCUT2D eigenvalue weighted by atomic mass is 16.2. The predicted octanol–water partition coefficient (Wildman–Crippen LogP) is 1.23. The summed E-state index contributed by atoms with van der Waals surface area (Å²) >= 11 is 0. The number of hydrogen-bond donors (Lipinski definition) is 4. The van der Waals surface area contributed by atoms with Gasteiger partial charge in [-0.2, -0.15) is 0 Å². The van der Waals surface area contributed by atoms with Crippen LogP contribution in [0.2, 0.25) is 0 Å². The van der Waals surface area contributed by atoms with Crippen molar-refractivity contribution in [1.82, 2.24) is 10.6 Å². The minimum absolute atomic E-state index is 0.00328. The molecule has 31 heavy (non-hydrogen) atoms. The number of hydrogen-bond acceptors (Lipinski definition) is 5. The van der Waals surface area contributed by atoms with Crippen molar-refractivity contribution >= 4 is 17.7 Å². The maximum absolute atomic E-state index is 12.0. The number of aryl methyl sites for hydroxylation is 2. The van der Waals surface area contributed by atoms with Gasteiger partial charge >= 0.3 is 0 Å². The fourth-order valence-corrected chi connectivity index (χ4v) is 3.11. The Balaban J connectivity index is 1.64. The Bertz CT molecular complexity index is 838. The minimum atomic E-state index is -0.795. The van der Waals surface area contributed by atoms with E-state index in [-0.39, 0.29) is 31.8 Å². The number of rotatable bonds is 12. The van der Waals surface area contributed by atoms with Crippen LogP contribution in [0, 0.1) is 0 Å². The zero-order valence-corrected chi connectivity index (χ0v) is 17.8. The van der Waals surface area contributed by atoms with Gasteiger partial charge in [0, 0.05) is 19.5 Å². The maximum atomic E-state index is 12.0. The first-order valence-corrected chi connectivity index (χ1v) is 10.7. The topological polar surface area (TPSA) is 127 Å². The summed E-state index contributed by atoms with van der Waals surface area (Å²) in [6.45, 7) is 0.133. The minimum Gasteiger partial charge on any atom is -0.354 e. The van der Waals surface area contributed by atoms with Gasteiger partial charge < -0.3 is 16.8 Å². The molecule has 0 aromatic heterocycles. The van der Waals surface area contributed by atoms with E-state index in [2.05, 4.69) is 34.9 Å². The normalized spacial score (nSPS) is 11.5. The van der Waals surface area contributed by atoms with Gasteiger partial charge in [0.05, 0.1) is 12.5 Å². The first-order chi connectivity index (χ1) is 15.0. The summed E-state index contributed by atoms with van der Waals surface area (Å²) in [5, 5.41) is 4.84. The van der Waals surface area contributed by atoms with Crippen molar-refractivity contribution in [3.05, 3.63) is 71.3 Å². The van der Waals surface area contributed by atoms with E-state index < -0.39 is 17.9 Å². The van der Waals surface area contributed by atoms with Crippen LogP contribution in [0.1, 0.15) is 36.0 Å². The first-order valence-electron chi connectivity index (χ1n) is 10.7.